The molecule has 3 aromatic heterocycles. The number of hydrogen-bond acceptors (Lipinski definition) is 9. The number of aryl methyl sites for hydroxylation is 3. The number of fused-ring (bicyclic) bond motifs is 4. The van der Waals surface area contributed by atoms with Gasteiger partial charge in [0.2, 0.25) is 5.91 Å². The van der Waals surface area contributed by atoms with Gasteiger partial charge in [0.1, 0.15) is 17.4 Å². The summed E-state index contributed by atoms with van der Waals surface area (Å²) in [5.41, 5.74) is 5.41. The highest BCUT2D eigenvalue weighted by Crippen LogP contribution is 2.38. The van der Waals surface area contributed by atoms with E-state index in [4.69, 9.17) is 16.6 Å². The summed E-state index contributed by atoms with van der Waals surface area (Å²) in [6.07, 6.45) is 5.57. The van der Waals surface area contributed by atoms with Crippen molar-refractivity contribution in [1.82, 2.24) is 34.8 Å². The van der Waals surface area contributed by atoms with E-state index >= 15 is 4.39 Å². The van der Waals surface area contributed by atoms with E-state index in [1.54, 1.807) is 29.7 Å². The molecule has 12 nitrogen and oxygen atoms in total. The third-order valence-corrected chi connectivity index (χ3v) is 11.3. The van der Waals surface area contributed by atoms with Gasteiger partial charge in [-0.05, 0) is 62.4 Å². The fourth-order valence-electron chi connectivity index (χ4n) is 7.12. The number of alkyl halides is 1. The van der Waals surface area contributed by atoms with Crippen LogP contribution in [0.15, 0.2) is 59.9 Å². The van der Waals surface area contributed by atoms with Gasteiger partial charge in [-0.15, -0.1) is 21.5 Å². The minimum Gasteiger partial charge on any atom is -0.292 e. The molecule has 3 aliphatic heterocycles. The van der Waals surface area contributed by atoms with Crippen molar-refractivity contribution in [1.29, 1.82) is 0 Å². The molecule has 4 amide bonds. The number of hydrogen-bond donors (Lipinski definition) is 1. The molecule has 2 aromatic carbocycles. The SMILES string of the molecule is Cc1c(C#Cc2cnn(CCCCCc3cccc4c3C(=O)N(C3(F)CCC(=O)NC3=O)C4=O)c2)sc2c1C(c1ccc(Cl)cc1)=NCc1nnc(C)n1-2. The summed E-state index contributed by atoms with van der Waals surface area (Å²) in [5.74, 6) is 1.61. The highest BCUT2D eigenvalue weighted by Gasteiger charge is 2.57. The number of aliphatic imine (C=N–C) groups is 1. The van der Waals surface area contributed by atoms with Gasteiger partial charge in [0, 0.05) is 41.7 Å². The van der Waals surface area contributed by atoms with E-state index in [0.29, 0.717) is 41.4 Å². The molecule has 1 unspecified atom stereocenters. The van der Waals surface area contributed by atoms with Crippen LogP contribution in [0.2, 0.25) is 5.02 Å². The molecular formula is C39H32ClFN8O4S. The molecule has 0 aliphatic carbocycles. The van der Waals surface area contributed by atoms with Crippen molar-refractivity contribution < 1.29 is 23.6 Å². The number of carbonyl (C=O) groups is 4. The normalized spacial score (nSPS) is 17.7. The molecule has 0 bridgehead atoms. The number of nitrogens with one attached hydrogen (secondary N) is 1. The number of amides is 4. The van der Waals surface area contributed by atoms with Gasteiger partial charge in [0.25, 0.3) is 23.5 Å². The Morgan fingerprint density at radius 2 is 1.80 bits per heavy atom. The van der Waals surface area contributed by atoms with E-state index in [0.717, 1.165) is 62.3 Å². The lowest BCUT2D eigenvalue weighted by Crippen LogP contribution is -2.61. The van der Waals surface area contributed by atoms with E-state index in [1.165, 1.54) is 6.07 Å². The second-order valence-corrected chi connectivity index (χ2v) is 14.8. The predicted octanol–water partition coefficient (Wildman–Crippen LogP) is 5.66. The number of nitrogens with zero attached hydrogens (tertiary/aromatic N) is 7. The largest absolute Gasteiger partial charge is 0.292 e. The summed E-state index contributed by atoms with van der Waals surface area (Å²) in [5, 5.41) is 16.7. The predicted molar refractivity (Wildman–Crippen MR) is 198 cm³/mol. The molecule has 1 saturated heterocycles. The Labute approximate surface area is 318 Å². The van der Waals surface area contributed by atoms with Crippen molar-refractivity contribution in [3.05, 3.63) is 115 Å². The first-order valence-electron chi connectivity index (χ1n) is 17.5. The maximum Gasteiger partial charge on any atom is 0.285 e. The first kappa shape index (κ1) is 35.3. The van der Waals surface area contributed by atoms with Gasteiger partial charge >= 0.3 is 0 Å². The maximum absolute atomic E-state index is 15.8. The van der Waals surface area contributed by atoms with Crippen molar-refractivity contribution in [2.45, 2.75) is 71.3 Å². The second kappa shape index (κ2) is 13.9. The van der Waals surface area contributed by atoms with Crippen LogP contribution in [0.4, 0.5) is 4.39 Å². The number of carbonyl (C=O) groups excluding carboxylic acids is 4. The van der Waals surface area contributed by atoms with Crippen molar-refractivity contribution in [2.75, 3.05) is 0 Å². The molecule has 0 radical (unpaired) electrons. The van der Waals surface area contributed by atoms with Crippen molar-refractivity contribution in [3.63, 3.8) is 0 Å². The zero-order chi connectivity index (χ0) is 37.7. The third-order valence-electron chi connectivity index (χ3n) is 9.88. The van der Waals surface area contributed by atoms with Crippen LogP contribution in [0.3, 0.4) is 0 Å². The highest BCUT2D eigenvalue weighted by atomic mass is 35.5. The molecule has 8 rings (SSSR count). The average molecular weight is 763 g/mol. The first-order chi connectivity index (χ1) is 26.0. The number of rotatable bonds is 8. The second-order valence-electron chi connectivity index (χ2n) is 13.4. The van der Waals surface area contributed by atoms with E-state index in [2.05, 4.69) is 38.6 Å². The molecule has 1 fully saturated rings. The highest BCUT2D eigenvalue weighted by molar-refractivity contribution is 7.15. The topological polar surface area (TPSA) is 144 Å². The zero-order valence-corrected chi connectivity index (χ0v) is 30.9. The molecule has 15 heteroatoms. The molecule has 0 spiro atoms. The Kier molecular flexibility index (Phi) is 9.07. The average Bonchev–Trinajstić information content (AvgIpc) is 3.88. The van der Waals surface area contributed by atoms with Crippen LogP contribution in [0.1, 0.15) is 97.2 Å². The monoisotopic (exact) mass is 762 g/mol. The molecule has 272 valence electrons. The number of halogens is 2. The number of imide groups is 2. The van der Waals surface area contributed by atoms with E-state index in [9.17, 15) is 19.2 Å². The Bertz CT molecular complexity index is 2490. The molecule has 54 heavy (non-hydrogen) atoms. The van der Waals surface area contributed by atoms with Gasteiger partial charge in [-0.3, -0.25) is 38.7 Å². The van der Waals surface area contributed by atoms with Gasteiger partial charge in [-0.2, -0.15) is 5.10 Å². The van der Waals surface area contributed by atoms with Crippen LogP contribution in [0, 0.1) is 25.7 Å². The van der Waals surface area contributed by atoms with Crippen LogP contribution in [-0.4, -0.2) is 64.6 Å². The fraction of sp³-hybridized carbons (Fsp3) is 0.282. The summed E-state index contributed by atoms with van der Waals surface area (Å²) in [4.78, 5) is 56.7. The Balaban J connectivity index is 0.920. The van der Waals surface area contributed by atoms with Crippen LogP contribution in [0.5, 0.6) is 0 Å². The van der Waals surface area contributed by atoms with E-state index < -0.39 is 35.8 Å². The maximum atomic E-state index is 15.8. The van der Waals surface area contributed by atoms with Crippen molar-refractivity contribution in [3.8, 4) is 16.8 Å². The standard InChI is InChI=1S/C39H32ClFN8O4S/c1-22-29(54-37-32(22)34(26-11-13-27(40)14-12-26)42-20-30-46-45-23(2)48(30)37)15-10-24-19-43-47(21-24)18-5-3-4-7-25-8-6-9-28-33(25)36(52)49(35(28)51)39(41)17-16-31(50)44-38(39)53/h6,8-9,11-14,19,21H,3-5,7,16-18,20H2,1-2H3,(H,44,50,53). The molecule has 3 aliphatic rings. The minimum absolute atomic E-state index is 0.0616. The zero-order valence-electron chi connectivity index (χ0n) is 29.3. The lowest BCUT2D eigenvalue weighted by Gasteiger charge is -2.34. The number of unbranched alkanes of at least 4 members (excludes halogenated alkanes) is 2. The summed E-state index contributed by atoms with van der Waals surface area (Å²) in [7, 11) is 0. The van der Waals surface area contributed by atoms with Gasteiger partial charge in [-0.1, -0.05) is 54.1 Å². The van der Waals surface area contributed by atoms with Crippen molar-refractivity contribution >= 4 is 52.3 Å². The minimum atomic E-state index is -2.91. The molecule has 0 saturated carbocycles. The molecule has 6 heterocycles. The molecule has 1 atom stereocenters. The van der Waals surface area contributed by atoms with Crippen molar-refractivity contribution in [2.24, 2.45) is 4.99 Å². The number of thiophene rings is 1. The summed E-state index contributed by atoms with van der Waals surface area (Å²) < 4.78 is 19.7. The van der Waals surface area contributed by atoms with Gasteiger partial charge in [0.05, 0.1) is 33.5 Å². The van der Waals surface area contributed by atoms with Crippen LogP contribution in [0.25, 0.3) is 5.00 Å². The summed E-state index contributed by atoms with van der Waals surface area (Å²) >= 11 is 7.77. The molecule has 1 N–H and O–H groups in total. The van der Waals surface area contributed by atoms with Gasteiger partial charge < -0.3 is 0 Å². The van der Waals surface area contributed by atoms with Gasteiger partial charge in [-0.25, -0.2) is 9.29 Å². The number of piperidine rings is 1. The number of aromatic nitrogens is 5. The van der Waals surface area contributed by atoms with E-state index in [1.807, 2.05) is 47.4 Å². The van der Waals surface area contributed by atoms with Crippen LogP contribution < -0.4 is 5.32 Å². The fourth-order valence-corrected chi connectivity index (χ4v) is 8.48. The van der Waals surface area contributed by atoms with Gasteiger partial charge in [0.15, 0.2) is 5.82 Å². The lowest BCUT2D eigenvalue weighted by molar-refractivity contribution is -0.151. The Morgan fingerprint density at radius 1 is 0.981 bits per heavy atom. The van der Waals surface area contributed by atoms with E-state index in [-0.39, 0.29) is 17.5 Å². The third kappa shape index (κ3) is 6.13. The molecular weight excluding hydrogens is 731 g/mol. The molecule has 5 aromatic rings. The Morgan fingerprint density at radius 3 is 2.59 bits per heavy atom. The summed E-state index contributed by atoms with van der Waals surface area (Å²) in [6.45, 7) is 5.05. The first-order valence-corrected chi connectivity index (χ1v) is 18.7. The Hall–Kier alpha value is -5.78. The smallest absolute Gasteiger partial charge is 0.285 e. The lowest BCUT2D eigenvalue weighted by atomic mass is 9.98. The summed E-state index contributed by atoms with van der Waals surface area (Å²) in [6, 6.07) is 12.5. The van der Waals surface area contributed by atoms with Crippen LogP contribution in [-0.2, 0) is 29.1 Å². The quantitative estimate of drug-likeness (QED) is 0.0931. The van der Waals surface area contributed by atoms with Crippen LogP contribution >= 0.6 is 22.9 Å². The number of benzene rings is 2.